The molecule has 1 aliphatic heterocycles. The molecule has 5 rings (SSSR count). The van der Waals surface area contributed by atoms with Gasteiger partial charge in [-0.25, -0.2) is 0 Å². The molecule has 1 saturated heterocycles. The van der Waals surface area contributed by atoms with E-state index in [-0.39, 0.29) is 17.4 Å². The Hall–Kier alpha value is -3.00. The van der Waals surface area contributed by atoms with Crippen LogP contribution in [0.3, 0.4) is 0 Å². The maximum absolute atomic E-state index is 13.7. The molecule has 1 aromatic heterocycles. The van der Waals surface area contributed by atoms with Gasteiger partial charge >= 0.3 is 6.18 Å². The van der Waals surface area contributed by atoms with Crippen LogP contribution in [-0.4, -0.2) is 53.5 Å². The van der Waals surface area contributed by atoms with Crippen molar-refractivity contribution in [3.8, 4) is 5.69 Å². The highest BCUT2D eigenvalue weighted by molar-refractivity contribution is 6.38. The maximum Gasteiger partial charge on any atom is 0.416 e. The van der Waals surface area contributed by atoms with Crippen LogP contribution >= 0.6 is 23.2 Å². The van der Waals surface area contributed by atoms with Crippen molar-refractivity contribution in [3.05, 3.63) is 98.7 Å². The number of amides is 1. The Morgan fingerprint density at radius 1 is 1.00 bits per heavy atom. The van der Waals surface area contributed by atoms with Gasteiger partial charge in [0.05, 0.1) is 21.7 Å². The van der Waals surface area contributed by atoms with Gasteiger partial charge in [0.15, 0.2) is 0 Å². The minimum Gasteiger partial charge on any atom is -0.338 e. The fourth-order valence-electron chi connectivity index (χ4n) is 5.58. The average Bonchev–Trinajstić information content (AvgIpc) is 3.29. The lowest BCUT2D eigenvalue weighted by Crippen LogP contribution is -2.44. The molecular formula is C31H30Cl2F3N3O. The second-order valence-corrected chi connectivity index (χ2v) is 11.4. The highest BCUT2D eigenvalue weighted by Crippen LogP contribution is 2.38. The molecule has 0 bridgehead atoms. The number of piperidine rings is 1. The van der Waals surface area contributed by atoms with Crippen molar-refractivity contribution in [2.45, 2.75) is 38.4 Å². The summed E-state index contributed by atoms with van der Waals surface area (Å²) in [5.41, 5.74) is 2.62. The number of carbonyl (C=O) groups is 1. The second-order valence-electron chi connectivity index (χ2n) is 10.6. The van der Waals surface area contributed by atoms with E-state index in [0.717, 1.165) is 18.5 Å². The number of alkyl halides is 3. The van der Waals surface area contributed by atoms with E-state index in [2.05, 4.69) is 4.90 Å². The summed E-state index contributed by atoms with van der Waals surface area (Å²) in [5.74, 6) is -0.144. The number of carbonyl (C=O) groups excluding carboxylic acids is 1. The van der Waals surface area contributed by atoms with Crippen molar-refractivity contribution in [2.75, 3.05) is 27.2 Å². The zero-order chi connectivity index (χ0) is 28.8. The topological polar surface area (TPSA) is 28.5 Å². The lowest BCUT2D eigenvalue weighted by Gasteiger charge is -2.35. The Morgan fingerprint density at radius 3 is 2.30 bits per heavy atom. The zero-order valence-corrected chi connectivity index (χ0v) is 24.0. The minimum absolute atomic E-state index is 0.144. The first-order valence-electron chi connectivity index (χ1n) is 13.2. The fourth-order valence-corrected chi connectivity index (χ4v) is 6.16. The van der Waals surface area contributed by atoms with Crippen molar-refractivity contribution in [3.63, 3.8) is 0 Å². The van der Waals surface area contributed by atoms with Crippen molar-refractivity contribution in [1.82, 2.24) is 14.4 Å². The molecule has 1 aliphatic rings. The maximum atomic E-state index is 13.7. The number of hydrogen-bond donors (Lipinski definition) is 0. The SMILES string of the molecule is Cc1cc(C(F)(F)F)cc2c1cc(Cc1c(Cl)ccc(C(=O)N3CCC(N(C)C)CC3)c1Cl)n2-c1ccccc1. The van der Waals surface area contributed by atoms with E-state index in [4.69, 9.17) is 23.2 Å². The van der Waals surface area contributed by atoms with Crippen LogP contribution in [0.5, 0.6) is 0 Å². The van der Waals surface area contributed by atoms with Crippen LogP contribution in [-0.2, 0) is 12.6 Å². The molecule has 4 nitrogen and oxygen atoms in total. The van der Waals surface area contributed by atoms with E-state index in [1.807, 2.05) is 60.0 Å². The summed E-state index contributed by atoms with van der Waals surface area (Å²) in [5, 5.41) is 1.37. The van der Waals surface area contributed by atoms with Crippen LogP contribution in [0.25, 0.3) is 16.6 Å². The van der Waals surface area contributed by atoms with Gasteiger partial charge in [-0.05, 0) is 87.5 Å². The Kier molecular flexibility index (Phi) is 7.92. The van der Waals surface area contributed by atoms with Crippen molar-refractivity contribution < 1.29 is 18.0 Å². The van der Waals surface area contributed by atoms with Crippen LogP contribution < -0.4 is 0 Å². The molecule has 40 heavy (non-hydrogen) atoms. The number of likely N-dealkylation sites (tertiary alicyclic amines) is 1. The number of fused-ring (bicyclic) bond motifs is 1. The number of aryl methyl sites for hydroxylation is 1. The Bertz CT molecular complexity index is 1560. The summed E-state index contributed by atoms with van der Waals surface area (Å²) in [6, 6.07) is 17.2. The molecule has 2 heterocycles. The quantitative estimate of drug-likeness (QED) is 0.236. The molecule has 0 unspecified atom stereocenters. The van der Waals surface area contributed by atoms with Gasteiger partial charge in [0, 0.05) is 47.3 Å². The number of aromatic nitrogens is 1. The number of nitrogens with zero attached hydrogens (tertiary/aromatic N) is 3. The van der Waals surface area contributed by atoms with Crippen molar-refractivity contribution >= 4 is 40.0 Å². The largest absolute Gasteiger partial charge is 0.416 e. The van der Waals surface area contributed by atoms with Crippen molar-refractivity contribution in [1.29, 1.82) is 0 Å². The number of rotatable bonds is 5. The summed E-state index contributed by atoms with van der Waals surface area (Å²) in [7, 11) is 4.09. The number of benzene rings is 3. The summed E-state index contributed by atoms with van der Waals surface area (Å²) in [6.45, 7) is 2.95. The Morgan fingerprint density at radius 2 is 1.68 bits per heavy atom. The van der Waals surface area contributed by atoms with Crippen LogP contribution in [0.2, 0.25) is 10.0 Å². The molecule has 0 radical (unpaired) electrons. The van der Waals surface area contributed by atoms with E-state index in [1.54, 1.807) is 19.1 Å². The van der Waals surface area contributed by atoms with E-state index < -0.39 is 11.7 Å². The molecule has 0 aliphatic carbocycles. The van der Waals surface area contributed by atoms with Gasteiger partial charge in [0.2, 0.25) is 0 Å². The monoisotopic (exact) mass is 587 g/mol. The smallest absolute Gasteiger partial charge is 0.338 e. The first-order chi connectivity index (χ1) is 19.0. The minimum atomic E-state index is -4.48. The van der Waals surface area contributed by atoms with Crippen molar-refractivity contribution in [2.24, 2.45) is 0 Å². The third-order valence-electron chi connectivity index (χ3n) is 7.80. The Labute approximate surface area is 241 Å². The van der Waals surface area contributed by atoms with Crippen LogP contribution in [0, 0.1) is 6.92 Å². The fraction of sp³-hybridized carbons (Fsp3) is 0.323. The first-order valence-corrected chi connectivity index (χ1v) is 13.9. The molecule has 0 N–H and O–H groups in total. The summed E-state index contributed by atoms with van der Waals surface area (Å²) in [6.07, 6.45) is -2.49. The molecule has 3 aromatic carbocycles. The number of halogens is 5. The number of hydrogen-bond acceptors (Lipinski definition) is 2. The second kappa shape index (κ2) is 11.1. The summed E-state index contributed by atoms with van der Waals surface area (Å²) < 4.78 is 43.0. The molecule has 9 heteroatoms. The Balaban J connectivity index is 1.57. The van der Waals surface area contributed by atoms with Crippen LogP contribution in [0.4, 0.5) is 13.2 Å². The lowest BCUT2D eigenvalue weighted by molar-refractivity contribution is -0.137. The van der Waals surface area contributed by atoms with E-state index >= 15 is 0 Å². The van der Waals surface area contributed by atoms with Gasteiger partial charge in [-0.15, -0.1) is 0 Å². The van der Waals surface area contributed by atoms with Gasteiger partial charge in [-0.2, -0.15) is 13.2 Å². The van der Waals surface area contributed by atoms with Gasteiger partial charge in [-0.3, -0.25) is 4.79 Å². The lowest BCUT2D eigenvalue weighted by atomic mass is 10.0. The predicted octanol–water partition coefficient (Wildman–Crippen LogP) is 8.02. The third kappa shape index (κ3) is 5.47. The molecule has 0 saturated carbocycles. The highest BCUT2D eigenvalue weighted by Gasteiger charge is 2.32. The molecule has 1 fully saturated rings. The molecular weight excluding hydrogens is 558 g/mol. The zero-order valence-electron chi connectivity index (χ0n) is 22.5. The van der Waals surface area contributed by atoms with Gasteiger partial charge in [-0.1, -0.05) is 41.4 Å². The average molecular weight is 589 g/mol. The predicted molar refractivity (Wildman–Crippen MR) is 155 cm³/mol. The molecule has 4 aromatic rings. The van der Waals surface area contributed by atoms with E-state index in [9.17, 15) is 18.0 Å². The van der Waals surface area contributed by atoms with Gasteiger partial charge < -0.3 is 14.4 Å². The molecule has 210 valence electrons. The highest BCUT2D eigenvalue weighted by atomic mass is 35.5. The van der Waals surface area contributed by atoms with Crippen LogP contribution in [0.1, 0.15) is 45.6 Å². The molecule has 1 amide bonds. The van der Waals surface area contributed by atoms with Gasteiger partial charge in [0.25, 0.3) is 5.91 Å². The van der Waals surface area contributed by atoms with Crippen LogP contribution in [0.15, 0.2) is 60.7 Å². The third-order valence-corrected chi connectivity index (χ3v) is 8.59. The normalized spacial score (nSPS) is 14.9. The standard InChI is InChI=1S/C31H30Cl2F3N3O/c1-19-15-20(31(34,35)36)16-28-25(19)17-23(39(28)22-7-5-4-6-8-22)18-26-27(32)10-9-24(29(26)33)30(40)38-13-11-21(12-14-38)37(2)3/h4-10,15-17,21H,11-14,18H2,1-3H3. The summed E-state index contributed by atoms with van der Waals surface area (Å²) >= 11 is 13.5. The van der Waals surface area contributed by atoms with E-state index in [1.165, 1.54) is 12.1 Å². The number of para-hydroxylation sites is 1. The first kappa shape index (κ1) is 28.5. The van der Waals surface area contributed by atoms with Gasteiger partial charge in [0.1, 0.15) is 0 Å². The summed E-state index contributed by atoms with van der Waals surface area (Å²) in [4.78, 5) is 17.5. The molecule has 0 atom stereocenters. The van der Waals surface area contributed by atoms with E-state index in [0.29, 0.717) is 57.4 Å². The molecule has 0 spiro atoms.